The number of anilines is 1. The van der Waals surface area contributed by atoms with Crippen LogP contribution in [0.25, 0.3) is 0 Å². The molecule has 6 nitrogen and oxygen atoms in total. The first-order chi connectivity index (χ1) is 7.41. The van der Waals surface area contributed by atoms with E-state index in [1.54, 1.807) is 0 Å². The minimum Gasteiger partial charge on any atom is -0.478 e. The number of carbonyl (C=O) groups is 1. The molecule has 0 aliphatic heterocycles. The van der Waals surface area contributed by atoms with E-state index < -0.39 is 17.3 Å². The number of hydrogen-bond donors (Lipinski definition) is 2. The molecule has 0 saturated heterocycles. The fourth-order valence-corrected chi connectivity index (χ4v) is 1.53. The topological polar surface area (TPSA) is 87.1 Å². The summed E-state index contributed by atoms with van der Waals surface area (Å²) in [7, 11) is 1.31. The third kappa shape index (κ3) is 3.17. The Labute approximate surface area is 98.8 Å². The third-order valence-electron chi connectivity index (χ3n) is 1.70. The Kier molecular flexibility index (Phi) is 4.25. The van der Waals surface area contributed by atoms with Crippen molar-refractivity contribution >= 4 is 34.6 Å². The highest BCUT2D eigenvalue weighted by molar-refractivity contribution is 7.74. The smallest absolute Gasteiger partial charge is 0.337 e. The molecule has 0 spiro atoms. The first kappa shape index (κ1) is 12.9. The van der Waals surface area contributed by atoms with Crippen LogP contribution in [0.5, 0.6) is 0 Å². The highest BCUT2D eigenvalue weighted by atomic mass is 35.5. The van der Waals surface area contributed by atoms with Gasteiger partial charge in [-0.1, -0.05) is 11.6 Å². The maximum Gasteiger partial charge on any atom is 0.337 e. The lowest BCUT2D eigenvalue weighted by atomic mass is 10.2. The van der Waals surface area contributed by atoms with E-state index in [-0.39, 0.29) is 16.3 Å². The fourth-order valence-electron chi connectivity index (χ4n) is 1.09. The van der Waals surface area contributed by atoms with E-state index >= 15 is 0 Å². The van der Waals surface area contributed by atoms with Crippen LogP contribution in [0.1, 0.15) is 10.4 Å². The predicted molar refractivity (Wildman–Crippen MR) is 58.7 cm³/mol. The molecule has 1 atom stereocenters. The zero-order valence-corrected chi connectivity index (χ0v) is 9.66. The van der Waals surface area contributed by atoms with E-state index in [9.17, 15) is 9.00 Å². The third-order valence-corrected chi connectivity index (χ3v) is 2.29. The van der Waals surface area contributed by atoms with Gasteiger partial charge in [0.15, 0.2) is 0 Å². The zero-order chi connectivity index (χ0) is 12.3. The maximum atomic E-state index is 10.9. The summed E-state index contributed by atoms with van der Waals surface area (Å²) in [5.41, 5.74) is -0.000231. The molecule has 0 heterocycles. The van der Waals surface area contributed by atoms with Crippen LogP contribution >= 0.6 is 11.6 Å². The van der Waals surface area contributed by atoms with Gasteiger partial charge in [-0.05, 0) is 18.2 Å². The van der Waals surface area contributed by atoms with E-state index in [1.807, 2.05) is 0 Å². The van der Waals surface area contributed by atoms with E-state index in [0.717, 1.165) is 5.06 Å². The second-order valence-corrected chi connectivity index (χ2v) is 3.78. The summed E-state index contributed by atoms with van der Waals surface area (Å²) in [4.78, 5) is 10.9. The van der Waals surface area contributed by atoms with E-state index in [4.69, 9.17) is 21.3 Å². The lowest BCUT2D eigenvalue weighted by Crippen LogP contribution is -2.21. The van der Waals surface area contributed by atoms with Gasteiger partial charge < -0.3 is 5.11 Å². The number of hydroxylamine groups is 1. The summed E-state index contributed by atoms with van der Waals surface area (Å²) < 4.78 is 23.3. The van der Waals surface area contributed by atoms with Gasteiger partial charge in [0.05, 0.1) is 11.3 Å². The second-order valence-electron chi connectivity index (χ2n) is 2.76. The summed E-state index contributed by atoms with van der Waals surface area (Å²) >= 11 is 3.12. The van der Waals surface area contributed by atoms with Gasteiger partial charge in [-0.2, -0.15) is 4.21 Å². The quantitative estimate of drug-likeness (QED) is 0.634. The van der Waals surface area contributed by atoms with Gasteiger partial charge in [-0.25, -0.2) is 9.86 Å². The molecular formula is C8H8ClNO5S. The molecule has 0 bridgehead atoms. The number of aromatic carboxylic acids is 1. The minimum absolute atomic E-state index is 0.124. The Balaban J connectivity index is 3.12. The van der Waals surface area contributed by atoms with E-state index in [1.165, 1.54) is 25.2 Å². The van der Waals surface area contributed by atoms with Crippen LogP contribution in [0.3, 0.4) is 0 Å². The van der Waals surface area contributed by atoms with Crippen molar-refractivity contribution in [3.63, 3.8) is 0 Å². The molecule has 1 rings (SSSR count). The molecule has 1 aromatic carbocycles. The van der Waals surface area contributed by atoms with Crippen molar-refractivity contribution in [1.82, 2.24) is 0 Å². The lowest BCUT2D eigenvalue weighted by Gasteiger charge is -2.17. The van der Waals surface area contributed by atoms with Crippen molar-refractivity contribution < 1.29 is 22.9 Å². The SMILES string of the molecule is CN(OS(=O)O)c1ccc(Cl)cc1C(=O)O. The van der Waals surface area contributed by atoms with Crippen molar-refractivity contribution in [3.05, 3.63) is 28.8 Å². The number of hydrogen-bond acceptors (Lipinski definition) is 4. The minimum atomic E-state index is -2.52. The lowest BCUT2D eigenvalue weighted by molar-refractivity contribution is 0.0696. The van der Waals surface area contributed by atoms with Crippen LogP contribution in [0, 0.1) is 0 Å². The van der Waals surface area contributed by atoms with Crippen LogP contribution in [0.15, 0.2) is 18.2 Å². The number of rotatable bonds is 4. The molecule has 0 aromatic heterocycles. The van der Waals surface area contributed by atoms with Gasteiger partial charge in [0.2, 0.25) is 0 Å². The molecule has 0 saturated carbocycles. The summed E-state index contributed by atoms with van der Waals surface area (Å²) in [5, 5.41) is 10.0. The van der Waals surface area contributed by atoms with Crippen LogP contribution in [0.4, 0.5) is 5.69 Å². The second kappa shape index (κ2) is 5.26. The standard InChI is InChI=1S/C8H8ClNO5S/c1-10(15-16(13)14)7-3-2-5(9)4-6(7)8(11)12/h2-4H,1H3,(H,11,12)(H,13,14). The Morgan fingerprint density at radius 2 is 2.19 bits per heavy atom. The van der Waals surface area contributed by atoms with Crippen LogP contribution in [-0.4, -0.2) is 26.9 Å². The Morgan fingerprint density at radius 1 is 1.56 bits per heavy atom. The number of carboxylic acid groups (broad SMARTS) is 1. The summed E-state index contributed by atoms with van der Waals surface area (Å²) in [6.07, 6.45) is 0. The molecule has 0 amide bonds. The van der Waals surface area contributed by atoms with Gasteiger partial charge in [0.1, 0.15) is 0 Å². The first-order valence-corrected chi connectivity index (χ1v) is 5.38. The molecule has 1 aromatic rings. The maximum absolute atomic E-state index is 10.9. The average molecular weight is 266 g/mol. The fraction of sp³-hybridized carbons (Fsp3) is 0.125. The van der Waals surface area contributed by atoms with Gasteiger partial charge in [0, 0.05) is 12.1 Å². The molecule has 88 valence electrons. The van der Waals surface area contributed by atoms with Crippen molar-refractivity contribution in [2.45, 2.75) is 0 Å². The van der Waals surface area contributed by atoms with Gasteiger partial charge in [-0.3, -0.25) is 4.55 Å². The highest BCUT2D eigenvalue weighted by Crippen LogP contribution is 2.24. The van der Waals surface area contributed by atoms with E-state index in [2.05, 4.69) is 4.28 Å². The monoisotopic (exact) mass is 265 g/mol. The molecular weight excluding hydrogens is 258 g/mol. The average Bonchev–Trinajstić information content (AvgIpc) is 2.16. The first-order valence-electron chi connectivity index (χ1n) is 3.97. The van der Waals surface area contributed by atoms with E-state index in [0.29, 0.717) is 0 Å². The van der Waals surface area contributed by atoms with Crippen LogP contribution in [0.2, 0.25) is 5.02 Å². The molecule has 1 unspecified atom stereocenters. The zero-order valence-electron chi connectivity index (χ0n) is 8.08. The molecule has 0 aliphatic carbocycles. The van der Waals surface area contributed by atoms with Crippen molar-refractivity contribution in [1.29, 1.82) is 0 Å². The molecule has 0 aliphatic rings. The van der Waals surface area contributed by atoms with Gasteiger partial charge in [-0.15, -0.1) is 4.28 Å². The summed E-state index contributed by atoms with van der Waals surface area (Å²) in [6, 6.07) is 4.04. The van der Waals surface area contributed by atoms with Crippen molar-refractivity contribution in [2.75, 3.05) is 12.1 Å². The molecule has 0 radical (unpaired) electrons. The Bertz CT molecular complexity index is 438. The van der Waals surface area contributed by atoms with Crippen LogP contribution in [-0.2, 0) is 15.6 Å². The highest BCUT2D eigenvalue weighted by Gasteiger charge is 2.16. The Hall–Kier alpha value is -1.15. The molecule has 2 N–H and O–H groups in total. The number of nitrogens with zero attached hydrogens (tertiary/aromatic N) is 1. The number of halogens is 1. The van der Waals surface area contributed by atoms with Gasteiger partial charge >= 0.3 is 17.3 Å². The van der Waals surface area contributed by atoms with Crippen molar-refractivity contribution in [3.8, 4) is 0 Å². The molecule has 16 heavy (non-hydrogen) atoms. The van der Waals surface area contributed by atoms with Gasteiger partial charge in [0.25, 0.3) is 0 Å². The normalized spacial score (nSPS) is 12.2. The number of benzene rings is 1. The molecule has 0 fully saturated rings. The number of carboxylic acids is 1. The molecule has 8 heteroatoms. The largest absolute Gasteiger partial charge is 0.478 e. The van der Waals surface area contributed by atoms with Crippen LogP contribution < -0.4 is 5.06 Å². The predicted octanol–water partition coefficient (Wildman–Crippen LogP) is 1.54. The Morgan fingerprint density at radius 3 is 2.69 bits per heavy atom. The van der Waals surface area contributed by atoms with Crippen molar-refractivity contribution in [2.24, 2.45) is 0 Å². The summed E-state index contributed by atoms with van der Waals surface area (Å²) in [6.45, 7) is 0. The summed E-state index contributed by atoms with van der Waals surface area (Å²) in [5.74, 6) is -1.21.